The van der Waals surface area contributed by atoms with Crippen LogP contribution < -0.4 is 5.32 Å². The maximum Gasteiger partial charge on any atom is 0.310 e. The van der Waals surface area contributed by atoms with Gasteiger partial charge in [-0.3, -0.25) is 14.4 Å². The van der Waals surface area contributed by atoms with Gasteiger partial charge in [-0.2, -0.15) is 0 Å². The molecule has 1 spiro atoms. The summed E-state index contributed by atoms with van der Waals surface area (Å²) in [5.74, 6) is -2.33. The highest BCUT2D eigenvalue weighted by Crippen LogP contribution is 2.68. The van der Waals surface area contributed by atoms with Gasteiger partial charge in [-0.15, -0.1) is 11.8 Å². The second kappa shape index (κ2) is 10.8. The lowest BCUT2D eigenvalue weighted by atomic mass is 9.71. The van der Waals surface area contributed by atoms with E-state index in [4.69, 9.17) is 4.74 Å². The summed E-state index contributed by atoms with van der Waals surface area (Å²) in [5, 5.41) is 15.5. The number of nitrogens with one attached hydrogen (secondary N) is 1. The van der Waals surface area contributed by atoms with Crippen LogP contribution in [0.2, 0.25) is 0 Å². The van der Waals surface area contributed by atoms with Gasteiger partial charge in [-0.1, -0.05) is 76.6 Å². The van der Waals surface area contributed by atoms with Crippen LogP contribution in [0.5, 0.6) is 0 Å². The van der Waals surface area contributed by atoms with Crippen molar-refractivity contribution >= 4 is 61.9 Å². The molecular weight excluding hydrogens is 592 g/mol. The number of aliphatic hydroxyl groups excluding tert-OH is 1. The number of carbonyl (C=O) groups is 3. The SMILES string of the molecule is CCOC(=O)[C@H]1[C@@H]2SC3(CC2Br)C(C(=O)Nc2ccc4ccccc4c2)N([C@@H](CO)Cc2ccccc2)C(=O)[C@H]13. The van der Waals surface area contributed by atoms with Gasteiger partial charge in [0.2, 0.25) is 11.8 Å². The molecule has 7 atom stereocenters. The molecule has 0 aliphatic carbocycles. The summed E-state index contributed by atoms with van der Waals surface area (Å²) < 4.78 is 4.62. The second-order valence-corrected chi connectivity index (χ2v) is 13.5. The molecule has 0 saturated carbocycles. The highest BCUT2D eigenvalue weighted by atomic mass is 79.9. The number of hydrogen-bond donors (Lipinski definition) is 2. The molecule has 2 amide bonds. The number of hydrogen-bond acceptors (Lipinski definition) is 6. The van der Waals surface area contributed by atoms with Crippen LogP contribution in [0.1, 0.15) is 18.9 Å². The van der Waals surface area contributed by atoms with Crippen molar-refractivity contribution < 1.29 is 24.2 Å². The molecule has 3 fully saturated rings. The average Bonchev–Trinajstić information content (AvgIpc) is 3.55. The van der Waals surface area contributed by atoms with Crippen LogP contribution in [-0.4, -0.2) is 67.9 Å². The predicted octanol–water partition coefficient (Wildman–Crippen LogP) is 4.41. The van der Waals surface area contributed by atoms with Crippen molar-refractivity contribution in [2.24, 2.45) is 11.8 Å². The van der Waals surface area contributed by atoms with E-state index in [2.05, 4.69) is 21.2 Å². The van der Waals surface area contributed by atoms with Crippen molar-refractivity contribution in [1.82, 2.24) is 4.90 Å². The second-order valence-electron chi connectivity index (χ2n) is 10.7. The lowest BCUT2D eigenvalue weighted by Gasteiger charge is -2.37. The Labute approximate surface area is 245 Å². The van der Waals surface area contributed by atoms with E-state index in [-0.39, 0.29) is 35.1 Å². The minimum Gasteiger partial charge on any atom is -0.466 e. The fraction of sp³-hybridized carbons (Fsp3) is 0.387. The number of aliphatic hydroxyl groups is 1. The summed E-state index contributed by atoms with van der Waals surface area (Å²) in [7, 11) is 0. The standard InChI is InChI=1S/C31H31BrN2O5S/c1-2-39-30(38)24-25-29(37)34(22(17-35)14-18-8-4-3-5-9-18)27(31(25)16-23(32)26(24)40-31)28(36)33-21-13-12-19-10-6-7-11-20(19)15-21/h3-13,15,22-27,35H,2,14,16-17H2,1H3,(H,33,36)/t22-,23?,24-,25+,26-,27?,31?/m1/s1. The number of likely N-dealkylation sites (tertiary alicyclic amines) is 1. The van der Waals surface area contributed by atoms with Gasteiger partial charge in [0.1, 0.15) is 6.04 Å². The third kappa shape index (κ3) is 4.43. The van der Waals surface area contributed by atoms with Gasteiger partial charge < -0.3 is 20.1 Å². The number of rotatable bonds is 8. The van der Waals surface area contributed by atoms with Crippen molar-refractivity contribution in [3.8, 4) is 0 Å². The Morgan fingerprint density at radius 2 is 1.85 bits per heavy atom. The smallest absolute Gasteiger partial charge is 0.310 e. The van der Waals surface area contributed by atoms with Crippen LogP contribution in [0.3, 0.4) is 0 Å². The quantitative estimate of drug-likeness (QED) is 0.285. The molecule has 40 heavy (non-hydrogen) atoms. The summed E-state index contributed by atoms with van der Waals surface area (Å²) in [6.07, 6.45) is 0.950. The zero-order valence-corrected chi connectivity index (χ0v) is 24.4. The molecule has 2 bridgehead atoms. The summed E-state index contributed by atoms with van der Waals surface area (Å²) in [6.45, 7) is 1.67. The number of esters is 1. The molecule has 2 N–H and O–H groups in total. The number of alkyl halides is 1. The molecule has 3 aliphatic heterocycles. The molecule has 9 heteroatoms. The molecule has 6 rings (SSSR count). The first kappa shape index (κ1) is 27.3. The topological polar surface area (TPSA) is 95.9 Å². The number of fused-ring (bicyclic) bond motifs is 2. The average molecular weight is 624 g/mol. The minimum absolute atomic E-state index is 0.0476. The molecule has 3 saturated heterocycles. The third-order valence-corrected chi connectivity index (χ3v) is 11.7. The first-order valence-electron chi connectivity index (χ1n) is 13.6. The number of anilines is 1. The molecule has 3 unspecified atom stereocenters. The summed E-state index contributed by atoms with van der Waals surface area (Å²) >= 11 is 5.32. The zero-order chi connectivity index (χ0) is 28.0. The van der Waals surface area contributed by atoms with Crippen molar-refractivity contribution in [3.05, 3.63) is 78.4 Å². The van der Waals surface area contributed by atoms with E-state index in [9.17, 15) is 19.5 Å². The predicted molar refractivity (Wildman–Crippen MR) is 159 cm³/mol. The molecule has 3 aromatic rings. The largest absolute Gasteiger partial charge is 0.466 e. The minimum atomic E-state index is -0.869. The molecule has 208 valence electrons. The molecular formula is C31H31BrN2O5S. The number of amides is 2. The summed E-state index contributed by atoms with van der Waals surface area (Å²) in [4.78, 5) is 43.4. The van der Waals surface area contributed by atoms with Crippen molar-refractivity contribution in [3.63, 3.8) is 0 Å². The first-order chi connectivity index (χ1) is 19.4. The van der Waals surface area contributed by atoms with Gasteiger partial charge in [0.15, 0.2) is 0 Å². The van der Waals surface area contributed by atoms with Gasteiger partial charge in [0, 0.05) is 15.8 Å². The van der Waals surface area contributed by atoms with Crippen LogP contribution in [0.15, 0.2) is 72.8 Å². The monoisotopic (exact) mass is 622 g/mol. The van der Waals surface area contributed by atoms with E-state index in [1.807, 2.05) is 72.8 Å². The third-order valence-electron chi connectivity index (χ3n) is 8.47. The van der Waals surface area contributed by atoms with E-state index >= 15 is 0 Å². The van der Waals surface area contributed by atoms with Crippen LogP contribution >= 0.6 is 27.7 Å². The number of carbonyl (C=O) groups excluding carboxylic acids is 3. The highest BCUT2D eigenvalue weighted by molar-refractivity contribution is 9.09. The summed E-state index contributed by atoms with van der Waals surface area (Å²) in [6, 6.07) is 21.8. The number of ether oxygens (including phenoxy) is 1. The fourth-order valence-electron chi connectivity index (χ4n) is 6.88. The highest BCUT2D eigenvalue weighted by Gasteiger charge is 2.76. The van der Waals surface area contributed by atoms with Crippen molar-refractivity contribution in [2.75, 3.05) is 18.5 Å². The van der Waals surface area contributed by atoms with Gasteiger partial charge in [-0.25, -0.2) is 0 Å². The maximum absolute atomic E-state index is 14.3. The van der Waals surface area contributed by atoms with E-state index < -0.39 is 34.6 Å². The molecule has 0 aromatic heterocycles. The molecule has 3 aliphatic rings. The van der Waals surface area contributed by atoms with Gasteiger partial charge in [-0.05, 0) is 48.2 Å². The fourth-order valence-corrected chi connectivity index (χ4v) is 10.5. The van der Waals surface area contributed by atoms with Gasteiger partial charge in [0.25, 0.3) is 0 Å². The lowest BCUT2D eigenvalue weighted by Crippen LogP contribution is -2.55. The Kier molecular flexibility index (Phi) is 7.39. The van der Waals surface area contributed by atoms with E-state index in [1.165, 1.54) is 0 Å². The molecule has 0 radical (unpaired) electrons. The van der Waals surface area contributed by atoms with Gasteiger partial charge in [0.05, 0.1) is 35.8 Å². The Morgan fingerprint density at radius 3 is 2.58 bits per heavy atom. The number of thioether (sulfide) groups is 1. The summed E-state index contributed by atoms with van der Waals surface area (Å²) in [5.41, 5.74) is 1.59. The number of nitrogens with zero attached hydrogens (tertiary/aromatic N) is 1. The Hall–Kier alpha value is -2.88. The molecule has 3 heterocycles. The van der Waals surface area contributed by atoms with Crippen molar-refractivity contribution in [1.29, 1.82) is 0 Å². The normalized spacial score (nSPS) is 29.4. The van der Waals surface area contributed by atoms with Crippen LogP contribution in [-0.2, 0) is 25.5 Å². The Morgan fingerprint density at radius 1 is 1.12 bits per heavy atom. The van der Waals surface area contributed by atoms with Gasteiger partial charge >= 0.3 is 5.97 Å². The van der Waals surface area contributed by atoms with E-state index in [0.29, 0.717) is 18.5 Å². The molecule has 3 aromatic carbocycles. The lowest BCUT2D eigenvalue weighted by molar-refractivity contribution is -0.154. The van der Waals surface area contributed by atoms with Crippen molar-refractivity contribution in [2.45, 2.75) is 46.7 Å². The maximum atomic E-state index is 14.3. The van der Waals surface area contributed by atoms with E-state index in [1.54, 1.807) is 23.6 Å². The Balaban J connectivity index is 1.40. The first-order valence-corrected chi connectivity index (χ1v) is 15.4. The zero-order valence-electron chi connectivity index (χ0n) is 22.0. The number of halogens is 1. The Bertz CT molecular complexity index is 1450. The van der Waals surface area contributed by atoms with Crippen LogP contribution in [0, 0.1) is 11.8 Å². The van der Waals surface area contributed by atoms with Crippen LogP contribution in [0.25, 0.3) is 10.8 Å². The van der Waals surface area contributed by atoms with Crippen LogP contribution in [0.4, 0.5) is 5.69 Å². The number of benzene rings is 3. The molecule has 7 nitrogen and oxygen atoms in total. The van der Waals surface area contributed by atoms with E-state index in [0.717, 1.165) is 16.3 Å².